The van der Waals surface area contributed by atoms with E-state index in [4.69, 9.17) is 4.74 Å². The molecule has 0 spiro atoms. The molecule has 0 saturated heterocycles. The number of methoxy groups -OCH3 is 1. The Labute approximate surface area is 136 Å². The first-order valence-corrected chi connectivity index (χ1v) is 7.91. The number of rotatable bonds is 5. The van der Waals surface area contributed by atoms with E-state index in [1.165, 1.54) is 5.56 Å². The molecule has 2 aromatic rings. The first-order valence-electron chi connectivity index (χ1n) is 6.33. The lowest BCUT2D eigenvalue weighted by molar-refractivity contribution is 0.411. The van der Waals surface area contributed by atoms with Crippen molar-refractivity contribution >= 4 is 31.9 Å². The van der Waals surface area contributed by atoms with Gasteiger partial charge in [0.2, 0.25) is 0 Å². The molecular formula is C15H16Br2N2O. The molecule has 20 heavy (non-hydrogen) atoms. The fraction of sp³-hybridized carbons (Fsp3) is 0.267. The van der Waals surface area contributed by atoms with Gasteiger partial charge < -0.3 is 10.1 Å². The molecule has 1 aromatic carbocycles. The third kappa shape index (κ3) is 3.59. The maximum absolute atomic E-state index is 5.26. The van der Waals surface area contributed by atoms with E-state index in [-0.39, 0.29) is 6.04 Å². The molecule has 1 aromatic heterocycles. The Bertz CT molecular complexity index is 590. The second-order valence-electron chi connectivity index (χ2n) is 4.31. The second kappa shape index (κ2) is 7.20. The van der Waals surface area contributed by atoms with Gasteiger partial charge in [0.15, 0.2) is 0 Å². The van der Waals surface area contributed by atoms with Gasteiger partial charge in [-0.05, 0) is 35.9 Å². The molecule has 0 radical (unpaired) electrons. The van der Waals surface area contributed by atoms with Crippen LogP contribution in [0.4, 0.5) is 0 Å². The molecule has 5 heteroatoms. The summed E-state index contributed by atoms with van der Waals surface area (Å²) in [5.41, 5.74) is 2.25. The number of pyridine rings is 1. The lowest BCUT2D eigenvalue weighted by atomic mass is 10.00. The molecule has 1 unspecified atom stereocenters. The van der Waals surface area contributed by atoms with Crippen LogP contribution in [0.5, 0.6) is 5.75 Å². The van der Waals surface area contributed by atoms with E-state index in [9.17, 15) is 0 Å². The van der Waals surface area contributed by atoms with Crippen molar-refractivity contribution in [2.75, 3.05) is 13.7 Å². The van der Waals surface area contributed by atoms with Gasteiger partial charge in [0.1, 0.15) is 5.75 Å². The minimum Gasteiger partial charge on any atom is -0.495 e. The SMILES string of the molecule is CCNC(c1cncc(OC)c1)c1ccc(Br)cc1Br. The zero-order chi connectivity index (χ0) is 14.5. The molecule has 1 N–H and O–H groups in total. The summed E-state index contributed by atoms with van der Waals surface area (Å²) in [4.78, 5) is 4.24. The van der Waals surface area contributed by atoms with Crippen molar-refractivity contribution in [3.8, 4) is 5.75 Å². The molecule has 1 atom stereocenters. The minimum atomic E-state index is 0.0741. The Kier molecular flexibility index (Phi) is 5.57. The van der Waals surface area contributed by atoms with Crippen molar-refractivity contribution in [2.24, 2.45) is 0 Å². The van der Waals surface area contributed by atoms with Gasteiger partial charge in [-0.15, -0.1) is 0 Å². The van der Waals surface area contributed by atoms with Crippen molar-refractivity contribution in [3.63, 3.8) is 0 Å². The van der Waals surface area contributed by atoms with Crippen LogP contribution in [0.25, 0.3) is 0 Å². The standard InChI is InChI=1S/C15H16Br2N2O/c1-3-19-15(10-6-12(20-2)9-18-8-10)13-5-4-11(16)7-14(13)17/h4-9,15,19H,3H2,1-2H3. The van der Waals surface area contributed by atoms with Crippen LogP contribution in [0.1, 0.15) is 24.1 Å². The Morgan fingerprint density at radius 2 is 2.05 bits per heavy atom. The normalized spacial score (nSPS) is 12.2. The monoisotopic (exact) mass is 398 g/mol. The Morgan fingerprint density at radius 3 is 2.70 bits per heavy atom. The highest BCUT2D eigenvalue weighted by molar-refractivity contribution is 9.11. The number of benzene rings is 1. The summed E-state index contributed by atoms with van der Waals surface area (Å²) >= 11 is 7.11. The van der Waals surface area contributed by atoms with E-state index >= 15 is 0 Å². The van der Waals surface area contributed by atoms with Crippen molar-refractivity contribution in [2.45, 2.75) is 13.0 Å². The predicted molar refractivity (Wildman–Crippen MR) is 88.2 cm³/mol. The molecule has 0 amide bonds. The summed E-state index contributed by atoms with van der Waals surface area (Å²) in [6.07, 6.45) is 3.58. The predicted octanol–water partition coefficient (Wildman–Crippen LogP) is 4.31. The van der Waals surface area contributed by atoms with Crippen molar-refractivity contribution in [1.82, 2.24) is 10.3 Å². The summed E-state index contributed by atoms with van der Waals surface area (Å²) in [6, 6.07) is 8.27. The molecule has 1 heterocycles. The maximum Gasteiger partial charge on any atom is 0.137 e. The second-order valence-corrected chi connectivity index (χ2v) is 6.08. The minimum absolute atomic E-state index is 0.0741. The van der Waals surface area contributed by atoms with Crippen molar-refractivity contribution in [3.05, 3.63) is 56.7 Å². The van der Waals surface area contributed by atoms with E-state index in [0.717, 1.165) is 26.8 Å². The van der Waals surface area contributed by atoms with Crippen LogP contribution in [0, 0.1) is 0 Å². The van der Waals surface area contributed by atoms with E-state index in [1.807, 2.05) is 24.4 Å². The largest absolute Gasteiger partial charge is 0.495 e. The zero-order valence-corrected chi connectivity index (χ0v) is 14.5. The Hall–Kier alpha value is -0.910. The highest BCUT2D eigenvalue weighted by Gasteiger charge is 2.17. The van der Waals surface area contributed by atoms with Gasteiger partial charge in [0, 0.05) is 15.1 Å². The van der Waals surface area contributed by atoms with Crippen LogP contribution in [0.2, 0.25) is 0 Å². The smallest absolute Gasteiger partial charge is 0.137 e. The number of hydrogen-bond acceptors (Lipinski definition) is 3. The van der Waals surface area contributed by atoms with Gasteiger partial charge in [-0.25, -0.2) is 0 Å². The summed E-state index contributed by atoms with van der Waals surface area (Å²) in [6.45, 7) is 2.96. The summed E-state index contributed by atoms with van der Waals surface area (Å²) in [5.74, 6) is 0.763. The lowest BCUT2D eigenvalue weighted by Gasteiger charge is -2.20. The van der Waals surface area contributed by atoms with Gasteiger partial charge in [0.25, 0.3) is 0 Å². The quantitative estimate of drug-likeness (QED) is 0.813. The van der Waals surface area contributed by atoms with Crippen LogP contribution in [0.3, 0.4) is 0 Å². The third-order valence-electron chi connectivity index (χ3n) is 2.99. The fourth-order valence-corrected chi connectivity index (χ4v) is 3.33. The van der Waals surface area contributed by atoms with Crippen LogP contribution < -0.4 is 10.1 Å². The van der Waals surface area contributed by atoms with Gasteiger partial charge >= 0.3 is 0 Å². The number of nitrogens with zero attached hydrogens (tertiary/aromatic N) is 1. The molecule has 0 aliphatic rings. The Morgan fingerprint density at radius 1 is 1.25 bits per heavy atom. The van der Waals surface area contributed by atoms with Gasteiger partial charge in [-0.1, -0.05) is 44.8 Å². The van der Waals surface area contributed by atoms with Gasteiger partial charge in [-0.3, -0.25) is 4.98 Å². The van der Waals surface area contributed by atoms with Crippen LogP contribution >= 0.6 is 31.9 Å². The zero-order valence-electron chi connectivity index (χ0n) is 11.4. The first kappa shape index (κ1) is 15.5. The van der Waals surface area contributed by atoms with E-state index in [2.05, 4.69) is 55.2 Å². The number of nitrogens with one attached hydrogen (secondary N) is 1. The number of ether oxygens (including phenoxy) is 1. The maximum atomic E-state index is 5.26. The van der Waals surface area contributed by atoms with Gasteiger partial charge in [0.05, 0.1) is 19.3 Å². The fourth-order valence-electron chi connectivity index (χ4n) is 2.05. The highest BCUT2D eigenvalue weighted by atomic mass is 79.9. The molecule has 0 aliphatic carbocycles. The van der Waals surface area contributed by atoms with Crippen LogP contribution in [0.15, 0.2) is 45.6 Å². The summed E-state index contributed by atoms with van der Waals surface area (Å²) in [7, 11) is 1.65. The first-order chi connectivity index (χ1) is 9.65. The molecule has 0 fully saturated rings. The van der Waals surface area contributed by atoms with E-state index in [1.54, 1.807) is 13.3 Å². The molecule has 0 saturated carbocycles. The summed E-state index contributed by atoms with van der Waals surface area (Å²) in [5, 5.41) is 3.49. The molecule has 2 rings (SSSR count). The molecule has 106 valence electrons. The van der Waals surface area contributed by atoms with Gasteiger partial charge in [-0.2, -0.15) is 0 Å². The number of aromatic nitrogens is 1. The number of halogens is 2. The third-order valence-corrected chi connectivity index (χ3v) is 4.17. The average molecular weight is 400 g/mol. The highest BCUT2D eigenvalue weighted by Crippen LogP contribution is 2.31. The molecule has 0 aliphatic heterocycles. The van der Waals surface area contributed by atoms with Crippen molar-refractivity contribution < 1.29 is 4.74 Å². The average Bonchev–Trinajstić information content (AvgIpc) is 2.45. The molecule has 0 bridgehead atoms. The van der Waals surface area contributed by atoms with E-state index < -0.39 is 0 Å². The van der Waals surface area contributed by atoms with E-state index in [0.29, 0.717) is 0 Å². The van der Waals surface area contributed by atoms with Crippen molar-refractivity contribution in [1.29, 1.82) is 0 Å². The van der Waals surface area contributed by atoms with Crippen LogP contribution in [-0.4, -0.2) is 18.6 Å². The molecule has 3 nitrogen and oxygen atoms in total. The topological polar surface area (TPSA) is 34.2 Å². The Balaban J connectivity index is 2.44. The number of hydrogen-bond donors (Lipinski definition) is 1. The van der Waals surface area contributed by atoms with Crippen LogP contribution in [-0.2, 0) is 0 Å². The molecular weight excluding hydrogens is 384 g/mol. The summed E-state index contributed by atoms with van der Waals surface area (Å²) < 4.78 is 7.36. The lowest BCUT2D eigenvalue weighted by Crippen LogP contribution is -2.22.